The van der Waals surface area contributed by atoms with Crippen molar-refractivity contribution in [1.29, 1.82) is 0 Å². The molecule has 0 aliphatic carbocycles. The van der Waals surface area contributed by atoms with Crippen LogP contribution in [0.4, 0.5) is 0 Å². The van der Waals surface area contributed by atoms with E-state index in [1.165, 1.54) is 4.31 Å². The molecule has 4 nitrogen and oxygen atoms in total. The van der Waals surface area contributed by atoms with Gasteiger partial charge in [-0.1, -0.05) is 17.7 Å². The zero-order valence-electron chi connectivity index (χ0n) is 10.1. The molecule has 0 radical (unpaired) electrons. The van der Waals surface area contributed by atoms with E-state index >= 15 is 0 Å². The third kappa shape index (κ3) is 2.61. The first-order valence-electron chi connectivity index (χ1n) is 5.64. The third-order valence-electron chi connectivity index (χ3n) is 2.99. The molecule has 1 aliphatic heterocycles. The predicted molar refractivity (Wildman–Crippen MR) is 66.5 cm³/mol. The molecule has 17 heavy (non-hydrogen) atoms. The highest BCUT2D eigenvalue weighted by Gasteiger charge is 2.28. The fourth-order valence-electron chi connectivity index (χ4n) is 2.09. The van der Waals surface area contributed by atoms with Crippen molar-refractivity contribution in [3.05, 3.63) is 29.3 Å². The lowest BCUT2D eigenvalue weighted by atomic mass is 10.1. The highest BCUT2D eigenvalue weighted by atomic mass is 32.2. The monoisotopic (exact) mass is 255 g/mol. The summed E-state index contributed by atoms with van der Waals surface area (Å²) >= 11 is 0. The first-order chi connectivity index (χ1) is 8.03. The Balaban J connectivity index is 2.26. The number of ether oxygens (including phenoxy) is 1. The van der Waals surface area contributed by atoms with Crippen LogP contribution < -0.4 is 4.74 Å². The van der Waals surface area contributed by atoms with Gasteiger partial charge in [0.2, 0.25) is 10.0 Å². The average Bonchev–Trinajstić information content (AvgIpc) is 2.59. The molecular weight excluding hydrogens is 238 g/mol. The van der Waals surface area contributed by atoms with Gasteiger partial charge >= 0.3 is 0 Å². The molecule has 94 valence electrons. The molecule has 2 rings (SSSR count). The third-order valence-corrected chi connectivity index (χ3v) is 4.89. The summed E-state index contributed by atoms with van der Waals surface area (Å²) in [6, 6.07) is 5.82. The molecule has 5 heteroatoms. The van der Waals surface area contributed by atoms with Gasteiger partial charge in [-0.25, -0.2) is 8.42 Å². The largest absolute Gasteiger partial charge is 0.496 e. The number of hydrogen-bond donors (Lipinski definition) is 0. The summed E-state index contributed by atoms with van der Waals surface area (Å²) in [7, 11) is -1.44. The van der Waals surface area contributed by atoms with Gasteiger partial charge in [0.05, 0.1) is 12.9 Å². The van der Waals surface area contributed by atoms with Crippen molar-refractivity contribution in [1.82, 2.24) is 4.31 Å². The van der Waals surface area contributed by atoms with Crippen molar-refractivity contribution in [3.8, 4) is 5.75 Å². The molecule has 0 N–H and O–H groups in total. The maximum absolute atomic E-state index is 11.7. The average molecular weight is 255 g/mol. The zero-order chi connectivity index (χ0) is 12.5. The molecule has 0 bridgehead atoms. The Kier molecular flexibility index (Phi) is 3.40. The molecule has 0 amide bonds. The summed E-state index contributed by atoms with van der Waals surface area (Å²) in [5.74, 6) is 1.01. The van der Waals surface area contributed by atoms with Crippen molar-refractivity contribution < 1.29 is 13.2 Å². The van der Waals surface area contributed by atoms with Gasteiger partial charge in [0.15, 0.2) is 0 Å². The second-order valence-corrected chi connectivity index (χ2v) is 6.41. The van der Waals surface area contributed by atoms with E-state index in [2.05, 4.69) is 0 Å². The second-order valence-electron chi connectivity index (χ2n) is 4.32. The van der Waals surface area contributed by atoms with Crippen molar-refractivity contribution >= 4 is 10.0 Å². The van der Waals surface area contributed by atoms with E-state index in [1.807, 2.05) is 25.1 Å². The highest BCUT2D eigenvalue weighted by molar-refractivity contribution is 7.89. The molecule has 0 atom stereocenters. The van der Waals surface area contributed by atoms with E-state index in [4.69, 9.17) is 4.74 Å². The Bertz CT molecular complexity index is 510. The molecule has 1 aromatic rings. The highest BCUT2D eigenvalue weighted by Crippen LogP contribution is 2.24. The molecule has 1 aliphatic rings. The standard InChI is InChI=1S/C12H17NO3S/c1-10-4-5-12(16-2)11(8-10)9-13-6-3-7-17(13,14)15/h4-5,8H,3,6-7,9H2,1-2H3. The van der Waals surface area contributed by atoms with Gasteiger partial charge in [0.1, 0.15) is 5.75 Å². The summed E-state index contributed by atoms with van der Waals surface area (Å²) in [5.41, 5.74) is 2.04. The summed E-state index contributed by atoms with van der Waals surface area (Å²) in [4.78, 5) is 0. The van der Waals surface area contributed by atoms with Gasteiger partial charge in [-0.15, -0.1) is 0 Å². The molecule has 1 saturated heterocycles. The van der Waals surface area contributed by atoms with Crippen molar-refractivity contribution in [2.24, 2.45) is 0 Å². The fourth-order valence-corrected chi connectivity index (χ4v) is 3.58. The van der Waals surface area contributed by atoms with Crippen LogP contribution >= 0.6 is 0 Å². The maximum atomic E-state index is 11.7. The van der Waals surface area contributed by atoms with E-state index in [0.29, 0.717) is 13.1 Å². The van der Waals surface area contributed by atoms with Gasteiger partial charge in [-0.05, 0) is 19.4 Å². The maximum Gasteiger partial charge on any atom is 0.214 e. The lowest BCUT2D eigenvalue weighted by Crippen LogP contribution is -2.25. The number of benzene rings is 1. The van der Waals surface area contributed by atoms with Crippen LogP contribution in [0.5, 0.6) is 5.75 Å². The number of nitrogens with zero attached hydrogens (tertiary/aromatic N) is 1. The summed E-state index contributed by atoms with van der Waals surface area (Å²) in [5, 5.41) is 0. The van der Waals surface area contributed by atoms with E-state index in [1.54, 1.807) is 7.11 Å². The van der Waals surface area contributed by atoms with Crippen molar-refractivity contribution in [3.63, 3.8) is 0 Å². The van der Waals surface area contributed by atoms with E-state index in [9.17, 15) is 8.42 Å². The van der Waals surface area contributed by atoms with E-state index in [0.717, 1.165) is 23.3 Å². The molecule has 1 fully saturated rings. The quantitative estimate of drug-likeness (QED) is 0.823. The van der Waals surface area contributed by atoms with Gasteiger partial charge in [0, 0.05) is 18.7 Å². The Morgan fingerprint density at radius 2 is 2.18 bits per heavy atom. The first-order valence-corrected chi connectivity index (χ1v) is 7.25. The van der Waals surface area contributed by atoms with Gasteiger partial charge in [-0.2, -0.15) is 4.31 Å². The fraction of sp³-hybridized carbons (Fsp3) is 0.500. The minimum absolute atomic E-state index is 0.265. The van der Waals surface area contributed by atoms with Crippen LogP contribution in [0.15, 0.2) is 18.2 Å². The molecule has 1 heterocycles. The normalized spacial score (nSPS) is 19.4. The van der Waals surface area contributed by atoms with E-state index in [-0.39, 0.29) is 5.75 Å². The first kappa shape index (κ1) is 12.4. The van der Waals surface area contributed by atoms with Crippen LogP contribution in [0, 0.1) is 6.92 Å². The minimum Gasteiger partial charge on any atom is -0.496 e. The Hall–Kier alpha value is -1.07. The van der Waals surface area contributed by atoms with E-state index < -0.39 is 10.0 Å². The van der Waals surface area contributed by atoms with Crippen LogP contribution in [-0.2, 0) is 16.6 Å². The number of methoxy groups -OCH3 is 1. The minimum atomic E-state index is -3.05. The topological polar surface area (TPSA) is 46.6 Å². The number of rotatable bonds is 3. The number of hydrogen-bond acceptors (Lipinski definition) is 3. The summed E-state index contributed by atoms with van der Waals surface area (Å²) < 4.78 is 30.3. The van der Waals surface area contributed by atoms with Crippen LogP contribution in [-0.4, -0.2) is 32.1 Å². The molecule has 0 spiro atoms. The Labute approximate surface area is 102 Å². The molecule has 0 aromatic heterocycles. The van der Waals surface area contributed by atoms with Crippen molar-refractivity contribution in [2.45, 2.75) is 19.9 Å². The zero-order valence-corrected chi connectivity index (χ0v) is 11.0. The molecule has 1 aromatic carbocycles. The predicted octanol–water partition coefficient (Wildman–Crippen LogP) is 1.54. The number of aryl methyl sites for hydroxylation is 1. The second kappa shape index (κ2) is 4.66. The molecule has 0 saturated carbocycles. The molecular formula is C12H17NO3S. The number of sulfonamides is 1. The van der Waals surface area contributed by atoms with Crippen LogP contribution in [0.2, 0.25) is 0 Å². The van der Waals surface area contributed by atoms with Crippen molar-refractivity contribution in [2.75, 3.05) is 19.4 Å². The van der Waals surface area contributed by atoms with Gasteiger partial charge in [0.25, 0.3) is 0 Å². The summed E-state index contributed by atoms with van der Waals surface area (Å²) in [6.45, 7) is 3.01. The SMILES string of the molecule is COc1ccc(C)cc1CN1CCCS1(=O)=O. The Morgan fingerprint density at radius 1 is 1.41 bits per heavy atom. The molecule has 0 unspecified atom stereocenters. The van der Waals surface area contributed by atoms with Crippen LogP contribution in [0.25, 0.3) is 0 Å². The summed E-state index contributed by atoms with van der Waals surface area (Å²) in [6.07, 6.45) is 0.719. The van der Waals surface area contributed by atoms with Crippen LogP contribution in [0.1, 0.15) is 17.5 Å². The van der Waals surface area contributed by atoms with Gasteiger partial charge in [-0.3, -0.25) is 0 Å². The van der Waals surface area contributed by atoms with Crippen LogP contribution in [0.3, 0.4) is 0 Å². The van der Waals surface area contributed by atoms with Gasteiger partial charge < -0.3 is 4.74 Å². The Morgan fingerprint density at radius 3 is 2.76 bits per heavy atom. The lowest BCUT2D eigenvalue weighted by Gasteiger charge is -2.16. The smallest absolute Gasteiger partial charge is 0.214 e. The lowest BCUT2D eigenvalue weighted by molar-refractivity contribution is 0.391.